The van der Waals surface area contributed by atoms with Crippen LogP contribution >= 0.6 is 11.6 Å². The zero-order valence-electron chi connectivity index (χ0n) is 10.8. The van der Waals surface area contributed by atoms with Gasteiger partial charge in [-0.15, -0.1) is 0 Å². The summed E-state index contributed by atoms with van der Waals surface area (Å²) in [7, 11) is 0. The molecule has 104 valence electrons. The number of carbonyl (C=O) groups is 1. The van der Waals surface area contributed by atoms with E-state index in [1.165, 1.54) is 0 Å². The number of hydrogen-bond acceptors (Lipinski definition) is 3. The van der Waals surface area contributed by atoms with Crippen molar-refractivity contribution in [1.82, 2.24) is 4.90 Å². The van der Waals surface area contributed by atoms with Gasteiger partial charge >= 0.3 is 0 Å². The fraction of sp³-hybridized carbons (Fsp3) is 0.500. The molecule has 1 heterocycles. The van der Waals surface area contributed by atoms with Crippen LogP contribution in [0.4, 0.5) is 0 Å². The van der Waals surface area contributed by atoms with Crippen molar-refractivity contribution in [2.75, 3.05) is 26.2 Å². The van der Waals surface area contributed by atoms with Crippen LogP contribution < -0.4 is 5.73 Å². The van der Waals surface area contributed by atoms with Crippen LogP contribution in [0.1, 0.15) is 24.5 Å². The Morgan fingerprint density at radius 2 is 2.16 bits per heavy atom. The molecule has 1 fully saturated rings. The summed E-state index contributed by atoms with van der Waals surface area (Å²) >= 11 is 5.87. The smallest absolute Gasteiger partial charge is 0.222 e. The van der Waals surface area contributed by atoms with Gasteiger partial charge < -0.3 is 15.4 Å². The number of carbonyl (C=O) groups excluding carboxylic acids is 1. The molecule has 0 bridgehead atoms. The SMILES string of the molecule is NCCCC(=O)N1CCO[C@@H](c2ccc(Cl)cc2)C1. The molecule has 0 aromatic heterocycles. The average Bonchev–Trinajstić information content (AvgIpc) is 2.45. The summed E-state index contributed by atoms with van der Waals surface area (Å²) in [5.41, 5.74) is 6.49. The molecular weight excluding hydrogens is 264 g/mol. The topological polar surface area (TPSA) is 55.6 Å². The first-order valence-corrected chi connectivity index (χ1v) is 6.93. The van der Waals surface area contributed by atoms with Crippen LogP contribution in [-0.2, 0) is 9.53 Å². The standard InChI is InChI=1S/C14H19ClN2O2/c15-12-5-3-11(4-6-12)13-10-17(8-9-19-13)14(18)2-1-7-16/h3-6,13H,1-2,7-10,16H2/t13-/m1/s1. The predicted octanol–water partition coefficient (Wildman–Crippen LogP) is 1.98. The van der Waals surface area contributed by atoms with E-state index in [2.05, 4.69) is 0 Å². The maximum absolute atomic E-state index is 12.0. The number of nitrogens with zero attached hydrogens (tertiary/aromatic N) is 1. The van der Waals surface area contributed by atoms with Gasteiger partial charge in [0, 0.05) is 18.0 Å². The molecule has 0 radical (unpaired) electrons. The van der Waals surface area contributed by atoms with Crippen molar-refractivity contribution in [3.05, 3.63) is 34.9 Å². The highest BCUT2D eigenvalue weighted by Gasteiger charge is 2.24. The van der Waals surface area contributed by atoms with Crippen molar-refractivity contribution < 1.29 is 9.53 Å². The van der Waals surface area contributed by atoms with Gasteiger partial charge in [-0.3, -0.25) is 4.79 Å². The molecule has 1 aliphatic rings. The molecule has 0 spiro atoms. The zero-order valence-corrected chi connectivity index (χ0v) is 11.6. The molecule has 1 aromatic carbocycles. The monoisotopic (exact) mass is 282 g/mol. The average molecular weight is 283 g/mol. The maximum Gasteiger partial charge on any atom is 0.222 e. The molecule has 4 nitrogen and oxygen atoms in total. The van der Waals surface area contributed by atoms with E-state index in [1.807, 2.05) is 29.2 Å². The van der Waals surface area contributed by atoms with E-state index in [0.717, 1.165) is 12.0 Å². The third-order valence-corrected chi connectivity index (χ3v) is 3.51. The molecule has 1 aromatic rings. The number of halogens is 1. The first-order valence-electron chi connectivity index (χ1n) is 6.55. The fourth-order valence-corrected chi connectivity index (χ4v) is 2.29. The van der Waals surface area contributed by atoms with Crippen molar-refractivity contribution in [3.8, 4) is 0 Å². The van der Waals surface area contributed by atoms with E-state index in [9.17, 15) is 4.79 Å². The largest absolute Gasteiger partial charge is 0.370 e. The molecule has 1 aliphatic heterocycles. The summed E-state index contributed by atoms with van der Waals surface area (Å²) < 4.78 is 5.73. The van der Waals surface area contributed by atoms with Crippen molar-refractivity contribution in [1.29, 1.82) is 0 Å². The second-order valence-electron chi connectivity index (χ2n) is 4.64. The van der Waals surface area contributed by atoms with Crippen LogP contribution in [0.15, 0.2) is 24.3 Å². The van der Waals surface area contributed by atoms with Gasteiger partial charge in [-0.2, -0.15) is 0 Å². The van der Waals surface area contributed by atoms with Crippen LogP contribution in [0.3, 0.4) is 0 Å². The minimum Gasteiger partial charge on any atom is -0.370 e. The lowest BCUT2D eigenvalue weighted by Crippen LogP contribution is -2.42. The molecule has 1 amide bonds. The Kier molecular flexibility index (Phi) is 5.19. The molecule has 19 heavy (non-hydrogen) atoms. The molecule has 0 unspecified atom stereocenters. The minimum atomic E-state index is -0.0622. The zero-order chi connectivity index (χ0) is 13.7. The number of rotatable bonds is 4. The maximum atomic E-state index is 12.0. The molecule has 0 aliphatic carbocycles. The Morgan fingerprint density at radius 1 is 1.42 bits per heavy atom. The number of hydrogen-bond donors (Lipinski definition) is 1. The predicted molar refractivity (Wildman–Crippen MR) is 75.0 cm³/mol. The number of ether oxygens (including phenoxy) is 1. The quantitative estimate of drug-likeness (QED) is 0.919. The Bertz CT molecular complexity index is 422. The van der Waals surface area contributed by atoms with Crippen LogP contribution in [0.2, 0.25) is 5.02 Å². The van der Waals surface area contributed by atoms with Crippen molar-refractivity contribution >= 4 is 17.5 Å². The van der Waals surface area contributed by atoms with Gasteiger partial charge in [0.25, 0.3) is 0 Å². The summed E-state index contributed by atoms with van der Waals surface area (Å²) in [6.07, 6.45) is 1.19. The highest BCUT2D eigenvalue weighted by molar-refractivity contribution is 6.30. The lowest BCUT2D eigenvalue weighted by Gasteiger charge is -2.33. The van der Waals surface area contributed by atoms with E-state index >= 15 is 0 Å². The van der Waals surface area contributed by atoms with Gasteiger partial charge in [0.05, 0.1) is 13.2 Å². The number of amides is 1. The summed E-state index contributed by atoms with van der Waals surface area (Å²) in [4.78, 5) is 13.8. The van der Waals surface area contributed by atoms with Gasteiger partial charge in [0.15, 0.2) is 0 Å². The second-order valence-corrected chi connectivity index (χ2v) is 5.08. The molecule has 5 heteroatoms. The van der Waals surface area contributed by atoms with Crippen molar-refractivity contribution in [2.45, 2.75) is 18.9 Å². The molecule has 1 atom stereocenters. The van der Waals surface area contributed by atoms with E-state index in [0.29, 0.717) is 37.7 Å². The summed E-state index contributed by atoms with van der Waals surface area (Å²) in [5.74, 6) is 0.160. The lowest BCUT2D eigenvalue weighted by molar-refractivity contribution is -0.139. The Morgan fingerprint density at radius 3 is 2.84 bits per heavy atom. The van der Waals surface area contributed by atoms with E-state index in [-0.39, 0.29) is 12.0 Å². The fourth-order valence-electron chi connectivity index (χ4n) is 2.17. The lowest BCUT2D eigenvalue weighted by atomic mass is 10.1. The Balaban J connectivity index is 1.96. The van der Waals surface area contributed by atoms with Crippen LogP contribution in [0, 0.1) is 0 Å². The van der Waals surface area contributed by atoms with Gasteiger partial charge in [-0.1, -0.05) is 23.7 Å². The first-order chi connectivity index (χ1) is 9.20. The summed E-state index contributed by atoms with van der Waals surface area (Å²) in [6.45, 7) is 2.39. The van der Waals surface area contributed by atoms with Crippen LogP contribution in [0.5, 0.6) is 0 Å². The summed E-state index contributed by atoms with van der Waals surface area (Å²) in [6, 6.07) is 7.58. The number of nitrogens with two attached hydrogens (primary N) is 1. The van der Waals surface area contributed by atoms with E-state index in [4.69, 9.17) is 22.1 Å². The highest BCUT2D eigenvalue weighted by atomic mass is 35.5. The van der Waals surface area contributed by atoms with Gasteiger partial charge in [-0.25, -0.2) is 0 Å². The first kappa shape index (κ1) is 14.3. The minimum absolute atomic E-state index is 0.0622. The number of benzene rings is 1. The second kappa shape index (κ2) is 6.89. The molecular formula is C14H19ClN2O2. The van der Waals surface area contributed by atoms with E-state index in [1.54, 1.807) is 0 Å². The van der Waals surface area contributed by atoms with Gasteiger partial charge in [0.2, 0.25) is 5.91 Å². The molecule has 2 N–H and O–H groups in total. The Hall–Kier alpha value is -1.10. The highest BCUT2D eigenvalue weighted by Crippen LogP contribution is 2.24. The third kappa shape index (κ3) is 3.93. The molecule has 2 rings (SSSR count). The van der Waals surface area contributed by atoms with Crippen LogP contribution in [0.25, 0.3) is 0 Å². The Labute approximate surface area is 118 Å². The molecule has 1 saturated heterocycles. The van der Waals surface area contributed by atoms with E-state index < -0.39 is 0 Å². The molecule has 0 saturated carbocycles. The van der Waals surface area contributed by atoms with Crippen LogP contribution in [-0.4, -0.2) is 37.0 Å². The van der Waals surface area contributed by atoms with Crippen molar-refractivity contribution in [3.63, 3.8) is 0 Å². The third-order valence-electron chi connectivity index (χ3n) is 3.26. The van der Waals surface area contributed by atoms with Gasteiger partial charge in [0.1, 0.15) is 6.10 Å². The summed E-state index contributed by atoms with van der Waals surface area (Å²) in [5, 5.41) is 0.704. The normalized spacial score (nSPS) is 19.5. The van der Waals surface area contributed by atoms with Crippen molar-refractivity contribution in [2.24, 2.45) is 5.73 Å². The van der Waals surface area contributed by atoms with Gasteiger partial charge in [-0.05, 0) is 30.7 Å². The number of morpholine rings is 1.